The summed E-state index contributed by atoms with van der Waals surface area (Å²) in [6, 6.07) is 0. The summed E-state index contributed by atoms with van der Waals surface area (Å²) in [5, 5.41) is 4.21. The van der Waals surface area contributed by atoms with Crippen LogP contribution in [0.15, 0.2) is 6.20 Å². The van der Waals surface area contributed by atoms with E-state index in [9.17, 15) is 0 Å². The van der Waals surface area contributed by atoms with Crippen LogP contribution in [0.1, 0.15) is 23.6 Å². The number of hydrogen-bond acceptors (Lipinski definition) is 2. The zero-order valence-electron chi connectivity index (χ0n) is 5.62. The highest BCUT2D eigenvalue weighted by molar-refractivity contribution is 5.34. The standard InChI is InChI=1S/C7H9N3/c8-10-3-5-1-4-2-6(4)7(5)9-10/h3-4,6H,1-2,8H2. The van der Waals surface area contributed by atoms with Gasteiger partial charge >= 0.3 is 0 Å². The monoisotopic (exact) mass is 135 g/mol. The quantitative estimate of drug-likeness (QED) is 0.518. The van der Waals surface area contributed by atoms with Gasteiger partial charge in [-0.15, -0.1) is 0 Å². The molecular formula is C7H9N3. The van der Waals surface area contributed by atoms with Crippen molar-refractivity contribution >= 4 is 0 Å². The molecule has 1 heterocycles. The van der Waals surface area contributed by atoms with Crippen molar-refractivity contribution in [2.75, 3.05) is 5.84 Å². The Labute approximate surface area is 58.8 Å². The van der Waals surface area contributed by atoms with Gasteiger partial charge in [-0.2, -0.15) is 9.89 Å². The minimum atomic E-state index is 0.778. The fourth-order valence-corrected chi connectivity index (χ4v) is 2.00. The third kappa shape index (κ3) is 0.405. The second-order valence-corrected chi connectivity index (χ2v) is 3.33. The summed E-state index contributed by atoms with van der Waals surface area (Å²) in [4.78, 5) is 1.44. The average molecular weight is 135 g/mol. The van der Waals surface area contributed by atoms with Crippen LogP contribution in [0.5, 0.6) is 0 Å². The summed E-state index contributed by atoms with van der Waals surface area (Å²) in [5.74, 6) is 7.18. The van der Waals surface area contributed by atoms with E-state index in [0.717, 1.165) is 11.8 Å². The van der Waals surface area contributed by atoms with Gasteiger partial charge in [0.05, 0.1) is 11.9 Å². The van der Waals surface area contributed by atoms with Gasteiger partial charge in [-0.25, -0.2) is 0 Å². The Morgan fingerprint density at radius 2 is 2.60 bits per heavy atom. The molecule has 2 atom stereocenters. The minimum absolute atomic E-state index is 0.778. The molecule has 1 aromatic heterocycles. The summed E-state index contributed by atoms with van der Waals surface area (Å²) >= 11 is 0. The zero-order valence-corrected chi connectivity index (χ0v) is 5.62. The van der Waals surface area contributed by atoms with Crippen LogP contribution in [0.25, 0.3) is 0 Å². The first kappa shape index (κ1) is 4.77. The lowest BCUT2D eigenvalue weighted by Crippen LogP contribution is -2.08. The smallest absolute Gasteiger partial charge is 0.0711 e. The number of hydrogen-bond donors (Lipinski definition) is 1. The second-order valence-electron chi connectivity index (χ2n) is 3.33. The SMILES string of the molecule is Nn1cc2c(n1)C1CC1C2. The minimum Gasteiger partial charge on any atom is -0.323 e. The fourth-order valence-electron chi connectivity index (χ4n) is 2.00. The van der Waals surface area contributed by atoms with Gasteiger partial charge in [-0.3, -0.25) is 0 Å². The average Bonchev–Trinajstić information content (AvgIpc) is 2.40. The first-order chi connectivity index (χ1) is 4.84. The van der Waals surface area contributed by atoms with Crippen LogP contribution < -0.4 is 5.84 Å². The molecule has 1 fully saturated rings. The van der Waals surface area contributed by atoms with Gasteiger partial charge in [-0.05, 0) is 24.3 Å². The fraction of sp³-hybridized carbons (Fsp3) is 0.571. The Morgan fingerprint density at radius 1 is 1.70 bits per heavy atom. The molecule has 3 nitrogen and oxygen atoms in total. The maximum Gasteiger partial charge on any atom is 0.0711 e. The molecule has 10 heavy (non-hydrogen) atoms. The molecule has 0 aromatic carbocycles. The van der Waals surface area contributed by atoms with Crippen molar-refractivity contribution in [3.05, 3.63) is 17.5 Å². The van der Waals surface area contributed by atoms with E-state index in [1.807, 2.05) is 6.20 Å². The third-order valence-corrected chi connectivity index (χ3v) is 2.60. The Kier molecular flexibility index (Phi) is 0.579. The van der Waals surface area contributed by atoms with Crippen molar-refractivity contribution in [1.82, 2.24) is 9.89 Å². The van der Waals surface area contributed by atoms with Crippen molar-refractivity contribution in [2.24, 2.45) is 5.92 Å². The van der Waals surface area contributed by atoms with E-state index in [4.69, 9.17) is 5.84 Å². The molecule has 3 rings (SSSR count). The molecule has 0 aliphatic heterocycles. The number of nitrogen functional groups attached to an aromatic ring is 1. The summed E-state index contributed by atoms with van der Waals surface area (Å²) in [5.41, 5.74) is 2.65. The van der Waals surface area contributed by atoms with Gasteiger partial charge in [0, 0.05) is 5.92 Å². The van der Waals surface area contributed by atoms with Gasteiger partial charge in [0.25, 0.3) is 0 Å². The molecule has 0 bridgehead atoms. The van der Waals surface area contributed by atoms with Crippen molar-refractivity contribution in [2.45, 2.75) is 18.8 Å². The predicted molar refractivity (Wildman–Crippen MR) is 36.9 cm³/mol. The van der Waals surface area contributed by atoms with Crippen LogP contribution >= 0.6 is 0 Å². The summed E-state index contributed by atoms with van der Waals surface area (Å²) < 4.78 is 0. The Hall–Kier alpha value is -0.990. The first-order valence-electron chi connectivity index (χ1n) is 3.68. The highest BCUT2D eigenvalue weighted by Crippen LogP contribution is 2.55. The lowest BCUT2D eigenvalue weighted by Gasteiger charge is -1.86. The van der Waals surface area contributed by atoms with Crippen molar-refractivity contribution in [1.29, 1.82) is 0 Å². The van der Waals surface area contributed by atoms with Crippen molar-refractivity contribution in [3.8, 4) is 0 Å². The van der Waals surface area contributed by atoms with Crippen LogP contribution in [0.2, 0.25) is 0 Å². The third-order valence-electron chi connectivity index (χ3n) is 2.60. The van der Waals surface area contributed by atoms with E-state index in [0.29, 0.717) is 0 Å². The first-order valence-corrected chi connectivity index (χ1v) is 3.68. The lowest BCUT2D eigenvalue weighted by molar-refractivity contribution is 0.773. The molecule has 1 saturated carbocycles. The Morgan fingerprint density at radius 3 is 3.40 bits per heavy atom. The Bertz CT molecular complexity index is 289. The summed E-state index contributed by atoms with van der Waals surface area (Å²) in [7, 11) is 0. The van der Waals surface area contributed by atoms with Crippen LogP contribution in [0.3, 0.4) is 0 Å². The number of nitrogens with two attached hydrogens (primary N) is 1. The van der Waals surface area contributed by atoms with Gasteiger partial charge in [-0.1, -0.05) is 0 Å². The maximum absolute atomic E-state index is 5.48. The van der Waals surface area contributed by atoms with E-state index in [-0.39, 0.29) is 0 Å². The predicted octanol–water partition coefficient (Wildman–Crippen LogP) is 0.256. The molecule has 0 radical (unpaired) electrons. The van der Waals surface area contributed by atoms with Gasteiger partial charge in [0.15, 0.2) is 0 Å². The van der Waals surface area contributed by atoms with Crippen LogP contribution in [-0.4, -0.2) is 9.89 Å². The molecule has 2 aliphatic carbocycles. The van der Waals surface area contributed by atoms with E-state index in [1.165, 1.54) is 28.9 Å². The number of fused-ring (bicyclic) bond motifs is 3. The molecule has 0 spiro atoms. The van der Waals surface area contributed by atoms with E-state index in [2.05, 4.69) is 5.10 Å². The molecule has 2 N–H and O–H groups in total. The topological polar surface area (TPSA) is 43.8 Å². The lowest BCUT2D eigenvalue weighted by atomic mass is 10.2. The van der Waals surface area contributed by atoms with Crippen LogP contribution in [0.4, 0.5) is 0 Å². The molecular weight excluding hydrogens is 126 g/mol. The molecule has 52 valence electrons. The number of nitrogens with zero attached hydrogens (tertiary/aromatic N) is 2. The van der Waals surface area contributed by atoms with Crippen molar-refractivity contribution < 1.29 is 0 Å². The molecule has 2 aliphatic rings. The molecule has 3 heteroatoms. The second kappa shape index (κ2) is 1.21. The summed E-state index contributed by atoms with van der Waals surface area (Å²) in [6.45, 7) is 0. The zero-order chi connectivity index (χ0) is 6.72. The highest BCUT2D eigenvalue weighted by atomic mass is 15.5. The molecule has 2 unspecified atom stereocenters. The highest BCUT2D eigenvalue weighted by Gasteiger charge is 2.47. The van der Waals surface area contributed by atoms with Gasteiger partial charge in [0.2, 0.25) is 0 Å². The van der Waals surface area contributed by atoms with E-state index in [1.54, 1.807) is 0 Å². The molecule has 1 aromatic rings. The van der Waals surface area contributed by atoms with Crippen LogP contribution in [0, 0.1) is 5.92 Å². The van der Waals surface area contributed by atoms with E-state index < -0.39 is 0 Å². The van der Waals surface area contributed by atoms with Crippen molar-refractivity contribution in [3.63, 3.8) is 0 Å². The maximum atomic E-state index is 5.48. The molecule has 0 saturated heterocycles. The largest absolute Gasteiger partial charge is 0.323 e. The number of rotatable bonds is 0. The Balaban J connectivity index is 2.20. The molecule has 0 amide bonds. The van der Waals surface area contributed by atoms with E-state index >= 15 is 0 Å². The van der Waals surface area contributed by atoms with Gasteiger partial charge in [0.1, 0.15) is 0 Å². The number of aromatic nitrogens is 2. The van der Waals surface area contributed by atoms with Gasteiger partial charge < -0.3 is 5.84 Å². The van der Waals surface area contributed by atoms with Crippen LogP contribution in [-0.2, 0) is 6.42 Å². The normalized spacial score (nSPS) is 33.6. The summed E-state index contributed by atoms with van der Waals surface area (Å²) in [6.07, 6.45) is 4.52.